The molecular formula is C6H4F4O. The lowest BCUT2D eigenvalue weighted by Crippen LogP contribution is -2.16. The predicted molar refractivity (Wildman–Crippen MR) is 30.4 cm³/mol. The van der Waals surface area contributed by atoms with Crippen molar-refractivity contribution in [2.24, 2.45) is 0 Å². The van der Waals surface area contributed by atoms with E-state index in [9.17, 15) is 22.4 Å². The van der Waals surface area contributed by atoms with Crippen LogP contribution < -0.4 is 0 Å². The number of hydrogen-bond acceptors (Lipinski definition) is 1. The van der Waals surface area contributed by atoms with Crippen molar-refractivity contribution in [2.75, 3.05) is 0 Å². The molecule has 0 spiro atoms. The van der Waals surface area contributed by atoms with E-state index in [4.69, 9.17) is 0 Å². The Morgan fingerprint density at radius 2 is 1.82 bits per heavy atom. The van der Waals surface area contributed by atoms with Gasteiger partial charge in [0, 0.05) is 0 Å². The molecule has 0 aromatic carbocycles. The van der Waals surface area contributed by atoms with E-state index in [1.165, 1.54) is 0 Å². The summed E-state index contributed by atoms with van der Waals surface area (Å²) < 4.78 is 46.3. The highest BCUT2D eigenvalue weighted by molar-refractivity contribution is 5.89. The maximum Gasteiger partial charge on any atom is 0.422 e. The van der Waals surface area contributed by atoms with Crippen molar-refractivity contribution >= 4 is 6.04 Å². The monoisotopic (exact) mass is 168 g/mol. The second-order valence-corrected chi connectivity index (χ2v) is 1.59. The van der Waals surface area contributed by atoms with E-state index >= 15 is 0 Å². The molecule has 0 N–H and O–H groups in total. The minimum absolute atomic E-state index is 0.280. The lowest BCUT2D eigenvalue weighted by atomic mass is 10.2. The van der Waals surface area contributed by atoms with E-state index < -0.39 is 17.8 Å². The van der Waals surface area contributed by atoms with Gasteiger partial charge >= 0.3 is 12.2 Å². The molecule has 0 heterocycles. The average Bonchev–Trinajstić information content (AvgIpc) is 1.79. The van der Waals surface area contributed by atoms with Crippen LogP contribution in [0.4, 0.5) is 17.6 Å². The summed E-state index contributed by atoms with van der Waals surface area (Å²) in [7, 11) is 0. The van der Waals surface area contributed by atoms with E-state index in [0.717, 1.165) is 0 Å². The van der Waals surface area contributed by atoms with Crippen molar-refractivity contribution in [1.29, 1.82) is 0 Å². The fourth-order valence-corrected chi connectivity index (χ4v) is 0.389. The lowest BCUT2D eigenvalue weighted by molar-refractivity contribution is -0.137. The zero-order valence-corrected chi connectivity index (χ0v) is 5.28. The first-order valence-corrected chi connectivity index (χ1v) is 2.49. The first-order valence-electron chi connectivity index (χ1n) is 2.49. The number of rotatable bonds is 2. The molecule has 0 atom stereocenters. The summed E-state index contributed by atoms with van der Waals surface area (Å²) in [6, 6.07) is -2.50. The van der Waals surface area contributed by atoms with E-state index in [-0.39, 0.29) is 6.08 Å². The van der Waals surface area contributed by atoms with Gasteiger partial charge in [-0.3, -0.25) is 4.79 Å². The van der Waals surface area contributed by atoms with Crippen LogP contribution in [0.3, 0.4) is 0 Å². The molecule has 0 fully saturated rings. The van der Waals surface area contributed by atoms with Crippen LogP contribution in [0.25, 0.3) is 0 Å². The van der Waals surface area contributed by atoms with Gasteiger partial charge in [-0.15, -0.1) is 0 Å². The Morgan fingerprint density at radius 1 is 1.36 bits per heavy atom. The molecule has 0 saturated carbocycles. The molecule has 62 valence electrons. The number of halogens is 4. The third-order valence-corrected chi connectivity index (χ3v) is 0.802. The van der Waals surface area contributed by atoms with Gasteiger partial charge in [-0.2, -0.15) is 17.6 Å². The van der Waals surface area contributed by atoms with Gasteiger partial charge in [-0.1, -0.05) is 12.7 Å². The van der Waals surface area contributed by atoms with Gasteiger partial charge in [0.05, 0.1) is 0 Å². The summed E-state index contributed by atoms with van der Waals surface area (Å²) in [5.74, 6) is 0. The highest BCUT2D eigenvalue weighted by atomic mass is 19.4. The Hall–Kier alpha value is -1.13. The Bertz CT molecular complexity index is 201. The molecule has 0 unspecified atom stereocenters. The van der Waals surface area contributed by atoms with Crippen LogP contribution in [0.2, 0.25) is 0 Å². The molecule has 0 rings (SSSR count). The fourth-order valence-electron chi connectivity index (χ4n) is 0.389. The van der Waals surface area contributed by atoms with E-state index in [1.807, 2.05) is 0 Å². The molecule has 0 aromatic heterocycles. The Labute approximate surface area is 60.0 Å². The molecule has 5 heteroatoms. The van der Waals surface area contributed by atoms with Crippen molar-refractivity contribution in [3.63, 3.8) is 0 Å². The molecule has 0 amide bonds. The van der Waals surface area contributed by atoms with Crippen molar-refractivity contribution in [2.45, 2.75) is 6.18 Å². The smallest absolute Gasteiger partial charge is 0.255 e. The van der Waals surface area contributed by atoms with Gasteiger partial charge in [-0.05, 0) is 6.08 Å². The second-order valence-electron chi connectivity index (χ2n) is 1.59. The van der Waals surface area contributed by atoms with Crippen molar-refractivity contribution < 1.29 is 22.4 Å². The lowest BCUT2D eigenvalue weighted by Gasteiger charge is -2.03. The van der Waals surface area contributed by atoms with Crippen LogP contribution >= 0.6 is 0 Å². The van der Waals surface area contributed by atoms with Crippen LogP contribution in [-0.4, -0.2) is 12.2 Å². The first-order chi connectivity index (χ1) is 4.89. The van der Waals surface area contributed by atoms with Crippen molar-refractivity contribution in [1.82, 2.24) is 0 Å². The zero-order valence-electron chi connectivity index (χ0n) is 5.28. The summed E-state index contributed by atoms with van der Waals surface area (Å²) in [4.78, 5) is 9.68. The normalized spacial score (nSPS) is 12.9. The van der Waals surface area contributed by atoms with E-state index in [2.05, 4.69) is 6.58 Å². The van der Waals surface area contributed by atoms with Crippen LogP contribution in [0.15, 0.2) is 24.3 Å². The van der Waals surface area contributed by atoms with Crippen LogP contribution in [-0.2, 0) is 4.79 Å². The number of carbonyl (C=O) groups is 1. The standard InChI is InChI=1S/C6H4F4O/c1-2-3-4(5(7)11)6(8,9)10/h2-3H,1H2. The van der Waals surface area contributed by atoms with Crippen molar-refractivity contribution in [3.05, 3.63) is 24.3 Å². The Balaban J connectivity index is 4.77. The number of carbonyl (C=O) groups excluding carboxylic acids is 1. The highest BCUT2D eigenvalue weighted by Crippen LogP contribution is 2.26. The van der Waals surface area contributed by atoms with Gasteiger partial charge in [-0.25, -0.2) is 0 Å². The van der Waals surface area contributed by atoms with Crippen molar-refractivity contribution in [3.8, 4) is 0 Å². The third kappa shape index (κ3) is 2.97. The van der Waals surface area contributed by atoms with Gasteiger partial charge in [0.15, 0.2) is 0 Å². The van der Waals surface area contributed by atoms with Crippen LogP contribution in [0.5, 0.6) is 0 Å². The molecule has 0 bridgehead atoms. The average molecular weight is 168 g/mol. The summed E-state index contributed by atoms with van der Waals surface area (Å²) in [5, 5.41) is 0. The number of allylic oxidation sites excluding steroid dienone is 3. The molecule has 0 radical (unpaired) electrons. The van der Waals surface area contributed by atoms with Crippen LogP contribution in [0.1, 0.15) is 0 Å². The largest absolute Gasteiger partial charge is 0.422 e. The third-order valence-electron chi connectivity index (χ3n) is 0.802. The van der Waals surface area contributed by atoms with Gasteiger partial charge in [0.25, 0.3) is 0 Å². The maximum atomic E-state index is 11.6. The molecular weight excluding hydrogens is 164 g/mol. The summed E-state index contributed by atoms with van der Waals surface area (Å²) >= 11 is 0. The molecule has 0 saturated heterocycles. The number of hydrogen-bond donors (Lipinski definition) is 0. The molecule has 11 heavy (non-hydrogen) atoms. The van der Waals surface area contributed by atoms with E-state index in [1.54, 1.807) is 0 Å². The molecule has 0 aliphatic heterocycles. The first kappa shape index (κ1) is 9.87. The minimum Gasteiger partial charge on any atom is -0.255 e. The zero-order chi connectivity index (χ0) is 9.07. The summed E-state index contributed by atoms with van der Waals surface area (Å²) in [6.07, 6.45) is -3.97. The minimum atomic E-state index is -4.94. The Morgan fingerprint density at radius 3 is 1.91 bits per heavy atom. The van der Waals surface area contributed by atoms with Gasteiger partial charge in [0.1, 0.15) is 5.57 Å². The fraction of sp³-hybridized carbons (Fsp3) is 0.167. The topological polar surface area (TPSA) is 17.1 Å². The quantitative estimate of drug-likeness (QED) is 0.267. The predicted octanol–water partition coefficient (Wildman–Crippen LogP) is 2.16. The molecule has 0 aliphatic rings. The molecule has 0 aliphatic carbocycles. The maximum absolute atomic E-state index is 11.6. The second kappa shape index (κ2) is 3.32. The molecule has 1 nitrogen and oxygen atoms in total. The SMILES string of the molecule is C=CC=C(C(=O)F)C(F)(F)F. The Kier molecular flexibility index (Phi) is 2.98. The van der Waals surface area contributed by atoms with Crippen LogP contribution in [0, 0.1) is 0 Å². The summed E-state index contributed by atoms with van der Waals surface area (Å²) in [5.41, 5.74) is -1.84. The summed E-state index contributed by atoms with van der Waals surface area (Å²) in [6.45, 7) is 2.90. The van der Waals surface area contributed by atoms with Gasteiger partial charge < -0.3 is 0 Å². The highest BCUT2D eigenvalue weighted by Gasteiger charge is 2.38. The van der Waals surface area contributed by atoms with Gasteiger partial charge in [0.2, 0.25) is 0 Å². The van der Waals surface area contributed by atoms with E-state index in [0.29, 0.717) is 6.08 Å². The molecule has 0 aromatic rings. The number of alkyl halides is 3.